The lowest BCUT2D eigenvalue weighted by atomic mass is 9.89. The van der Waals surface area contributed by atoms with Gasteiger partial charge in [-0.1, -0.05) is 36.0 Å². The average molecular weight is 331 g/mol. The van der Waals surface area contributed by atoms with Crippen molar-refractivity contribution < 1.29 is 14.6 Å². The summed E-state index contributed by atoms with van der Waals surface area (Å²) in [5.74, 6) is 0.445. The summed E-state index contributed by atoms with van der Waals surface area (Å²) >= 11 is 1.35. The van der Waals surface area contributed by atoms with Crippen LogP contribution in [0.1, 0.15) is 30.1 Å². The first kappa shape index (κ1) is 16.3. The summed E-state index contributed by atoms with van der Waals surface area (Å²) < 4.78 is 6.76. The highest BCUT2D eigenvalue weighted by Gasteiger charge is 2.21. The first-order valence-corrected chi connectivity index (χ1v) is 8.91. The Labute approximate surface area is 140 Å². The number of aromatic nitrogens is 1. The number of aryl methyl sites for hydroxylation is 1. The van der Waals surface area contributed by atoms with Gasteiger partial charge >= 0.3 is 0 Å². The molecule has 0 radical (unpaired) electrons. The van der Waals surface area contributed by atoms with Crippen LogP contribution in [0.3, 0.4) is 0 Å². The molecule has 1 heterocycles. The Morgan fingerprint density at radius 2 is 2.09 bits per heavy atom. The van der Waals surface area contributed by atoms with Gasteiger partial charge in [0.05, 0.1) is 18.8 Å². The number of hydrogen-bond donors (Lipinski definition) is 1. The quantitative estimate of drug-likeness (QED) is 0.502. The van der Waals surface area contributed by atoms with Gasteiger partial charge in [0, 0.05) is 17.9 Å². The second kappa shape index (κ2) is 7.81. The van der Waals surface area contributed by atoms with E-state index in [4.69, 9.17) is 4.74 Å². The molecule has 0 amide bonds. The van der Waals surface area contributed by atoms with Crippen molar-refractivity contribution in [2.24, 2.45) is 0 Å². The molecule has 23 heavy (non-hydrogen) atoms. The van der Waals surface area contributed by atoms with Crippen LogP contribution >= 0.6 is 11.8 Å². The van der Waals surface area contributed by atoms with Gasteiger partial charge in [0.1, 0.15) is 0 Å². The fourth-order valence-corrected chi connectivity index (χ4v) is 3.69. The van der Waals surface area contributed by atoms with Crippen LogP contribution in [-0.2, 0) is 11.2 Å². The van der Waals surface area contributed by atoms with E-state index in [1.165, 1.54) is 29.1 Å². The molecule has 0 saturated carbocycles. The van der Waals surface area contributed by atoms with Gasteiger partial charge in [0.2, 0.25) is 0 Å². The van der Waals surface area contributed by atoms with Gasteiger partial charge in [-0.15, -0.1) is 0 Å². The highest BCUT2D eigenvalue weighted by molar-refractivity contribution is 7.99. The second-order valence-electron chi connectivity index (χ2n) is 5.74. The molecule has 0 spiro atoms. The van der Waals surface area contributed by atoms with Crippen molar-refractivity contribution >= 4 is 11.8 Å². The molecule has 5 heteroatoms. The fraction of sp³-hybridized carbons (Fsp3) is 0.389. The lowest BCUT2D eigenvalue weighted by Crippen LogP contribution is -2.29. The Kier molecular flexibility index (Phi) is 5.54. The molecular weight excluding hydrogens is 310 g/mol. The number of ether oxygens (including phenoxy) is 1. The van der Waals surface area contributed by atoms with Crippen molar-refractivity contribution in [2.45, 2.75) is 36.5 Å². The summed E-state index contributed by atoms with van der Waals surface area (Å²) in [4.78, 5) is 0. The number of benzene rings is 1. The predicted molar refractivity (Wildman–Crippen MR) is 90.2 cm³/mol. The third-order valence-electron chi connectivity index (χ3n) is 4.02. The first-order valence-electron chi connectivity index (χ1n) is 7.92. The van der Waals surface area contributed by atoms with E-state index >= 15 is 0 Å². The average Bonchev–Trinajstić information content (AvgIpc) is 2.59. The van der Waals surface area contributed by atoms with Gasteiger partial charge in [-0.2, -0.15) is 4.73 Å². The molecule has 0 fully saturated rings. The van der Waals surface area contributed by atoms with Crippen LogP contribution in [0.5, 0.6) is 0 Å². The Morgan fingerprint density at radius 3 is 2.96 bits per heavy atom. The van der Waals surface area contributed by atoms with Crippen LogP contribution < -0.4 is 4.73 Å². The van der Waals surface area contributed by atoms with Crippen molar-refractivity contribution in [3.05, 3.63) is 65.0 Å². The lowest BCUT2D eigenvalue weighted by molar-refractivity contribution is -0.645. The van der Waals surface area contributed by atoms with E-state index in [-0.39, 0.29) is 12.7 Å². The van der Waals surface area contributed by atoms with Crippen molar-refractivity contribution in [1.82, 2.24) is 0 Å². The van der Waals surface area contributed by atoms with E-state index < -0.39 is 6.10 Å². The minimum Gasteiger partial charge on any atom is -0.618 e. The van der Waals surface area contributed by atoms with E-state index in [9.17, 15) is 10.3 Å². The molecule has 1 aliphatic carbocycles. The standard InChI is InChI=1S/C18H21NO3S/c20-15(13-23-18-10-3-4-11-19(18)21)12-22-17-9-5-7-14-6-1-2-8-16(14)17/h1-4,6,8,10-11,15,17,20H,5,7,9,12-13H2/t15-,17+/m1/s1. The number of nitrogens with zero attached hydrogens (tertiary/aromatic N) is 1. The summed E-state index contributed by atoms with van der Waals surface area (Å²) in [6.45, 7) is 0.289. The van der Waals surface area contributed by atoms with Gasteiger partial charge in [-0.05, 0) is 36.5 Å². The third kappa shape index (κ3) is 4.25. The number of rotatable bonds is 6. The monoisotopic (exact) mass is 331 g/mol. The molecule has 0 aliphatic heterocycles. The fourth-order valence-electron chi connectivity index (χ4n) is 2.86. The minimum atomic E-state index is -0.589. The Bertz CT molecular complexity index is 650. The maximum absolute atomic E-state index is 11.6. The highest BCUT2D eigenvalue weighted by Crippen LogP contribution is 2.32. The Morgan fingerprint density at radius 1 is 1.26 bits per heavy atom. The van der Waals surface area contributed by atoms with Crippen molar-refractivity contribution in [3.8, 4) is 0 Å². The molecule has 2 aromatic rings. The molecular formula is C18H21NO3S. The molecule has 1 aromatic carbocycles. The third-order valence-corrected chi connectivity index (χ3v) is 5.18. The minimum absolute atomic E-state index is 0.0702. The zero-order chi connectivity index (χ0) is 16.1. The second-order valence-corrected chi connectivity index (χ2v) is 6.78. The van der Waals surface area contributed by atoms with Crippen molar-refractivity contribution in [3.63, 3.8) is 0 Å². The lowest BCUT2D eigenvalue weighted by Gasteiger charge is -2.26. The number of pyridine rings is 1. The van der Waals surface area contributed by atoms with Crippen LogP contribution in [0.25, 0.3) is 0 Å². The Hall–Kier alpha value is -1.56. The van der Waals surface area contributed by atoms with E-state index in [0.29, 0.717) is 10.8 Å². The summed E-state index contributed by atoms with van der Waals surface area (Å²) in [5, 5.41) is 22.3. The molecule has 1 N–H and O–H groups in total. The topological polar surface area (TPSA) is 56.4 Å². The number of aliphatic hydroxyl groups is 1. The maximum Gasteiger partial charge on any atom is 0.251 e. The van der Waals surface area contributed by atoms with Crippen LogP contribution in [0.4, 0.5) is 0 Å². The first-order chi connectivity index (χ1) is 11.2. The van der Waals surface area contributed by atoms with Gasteiger partial charge in [-0.3, -0.25) is 0 Å². The van der Waals surface area contributed by atoms with E-state index in [1.54, 1.807) is 12.1 Å². The number of hydrogen-bond acceptors (Lipinski definition) is 4. The molecule has 0 bridgehead atoms. The normalized spacial score (nSPS) is 18.4. The molecule has 1 aromatic heterocycles. The molecule has 2 atom stereocenters. The molecule has 0 unspecified atom stereocenters. The van der Waals surface area contributed by atoms with E-state index in [0.717, 1.165) is 24.0 Å². The van der Waals surface area contributed by atoms with Gasteiger partial charge in [0.15, 0.2) is 6.20 Å². The molecule has 1 aliphatic rings. The van der Waals surface area contributed by atoms with Crippen LogP contribution in [-0.4, -0.2) is 23.6 Å². The number of fused-ring (bicyclic) bond motifs is 1. The van der Waals surface area contributed by atoms with Gasteiger partial charge in [-0.25, -0.2) is 0 Å². The number of aliphatic hydroxyl groups excluding tert-OH is 1. The molecule has 0 saturated heterocycles. The smallest absolute Gasteiger partial charge is 0.251 e. The zero-order valence-corrected chi connectivity index (χ0v) is 13.7. The van der Waals surface area contributed by atoms with Gasteiger partial charge < -0.3 is 15.1 Å². The molecule has 122 valence electrons. The molecule has 4 nitrogen and oxygen atoms in total. The summed E-state index contributed by atoms with van der Waals surface area (Å²) in [6, 6.07) is 13.6. The predicted octanol–water partition coefficient (Wildman–Crippen LogP) is 2.87. The van der Waals surface area contributed by atoms with Crippen LogP contribution in [0.2, 0.25) is 0 Å². The summed E-state index contributed by atoms with van der Waals surface area (Å²) in [6.07, 6.45) is 4.16. The SMILES string of the molecule is [O-][n+]1ccccc1SC[C@H](O)CO[C@H]1CCCc2ccccc21. The summed E-state index contributed by atoms with van der Waals surface area (Å²) in [7, 11) is 0. The van der Waals surface area contributed by atoms with Crippen LogP contribution in [0.15, 0.2) is 53.7 Å². The largest absolute Gasteiger partial charge is 0.618 e. The van der Waals surface area contributed by atoms with Crippen molar-refractivity contribution in [2.75, 3.05) is 12.4 Å². The van der Waals surface area contributed by atoms with Crippen molar-refractivity contribution in [1.29, 1.82) is 0 Å². The number of thioether (sulfide) groups is 1. The van der Waals surface area contributed by atoms with Gasteiger partial charge in [0.25, 0.3) is 5.03 Å². The van der Waals surface area contributed by atoms with E-state index in [1.807, 2.05) is 12.1 Å². The zero-order valence-electron chi connectivity index (χ0n) is 12.9. The Balaban J connectivity index is 1.50. The summed E-state index contributed by atoms with van der Waals surface area (Å²) in [5.41, 5.74) is 2.60. The highest BCUT2D eigenvalue weighted by atomic mass is 32.2. The maximum atomic E-state index is 11.6. The van der Waals surface area contributed by atoms with Crippen LogP contribution in [0, 0.1) is 5.21 Å². The molecule has 3 rings (SSSR count). The van der Waals surface area contributed by atoms with E-state index in [2.05, 4.69) is 18.2 Å².